The predicted molar refractivity (Wildman–Crippen MR) is 256 cm³/mol. The number of amides is 4. The third kappa shape index (κ3) is 27.4. The van der Waals surface area contributed by atoms with Crippen LogP contribution in [0.1, 0.15) is 108 Å². The Hall–Kier alpha value is -5.65. The van der Waals surface area contributed by atoms with Crippen LogP contribution in [0.4, 0.5) is 15.3 Å². The molecule has 1 heterocycles. The van der Waals surface area contributed by atoms with Crippen molar-refractivity contribution in [3.8, 4) is 10.4 Å². The minimum absolute atomic E-state index is 0.0255. The second-order valence-corrected chi connectivity index (χ2v) is 17.6. The molecule has 0 saturated heterocycles. The van der Waals surface area contributed by atoms with Crippen molar-refractivity contribution in [3.63, 3.8) is 0 Å². The molecule has 3 aromatic rings. The van der Waals surface area contributed by atoms with Crippen molar-refractivity contribution in [1.82, 2.24) is 26.6 Å². The molecule has 0 aliphatic carbocycles. The highest BCUT2D eigenvalue weighted by Gasteiger charge is 2.21. The number of hydrogen-bond acceptors (Lipinski definition) is 13. The number of ether oxygens (including phenoxy) is 4. The molecule has 0 aliphatic heterocycles. The smallest absolute Gasteiger partial charge is 0.414 e. The first kappa shape index (κ1) is 60.4. The summed E-state index contributed by atoms with van der Waals surface area (Å²) in [6.07, 6.45) is -1.01. The maximum absolute atomic E-state index is 12.8. The number of nitrogens with zero attached hydrogens (tertiary/aromatic N) is 1. The molecule has 0 saturated carbocycles. The number of benzene rings is 2. The summed E-state index contributed by atoms with van der Waals surface area (Å²) in [6.45, 7) is 31.0. The van der Waals surface area contributed by atoms with E-state index < -0.39 is 35.4 Å². The molecule has 3 rings (SSSR count). The second-order valence-electron chi connectivity index (χ2n) is 16.6. The minimum Gasteiger partial charge on any atom is -0.463 e. The van der Waals surface area contributed by atoms with Crippen molar-refractivity contribution in [3.05, 3.63) is 75.7 Å². The van der Waals surface area contributed by atoms with Gasteiger partial charge in [0.1, 0.15) is 30.6 Å². The first-order valence-electron chi connectivity index (χ1n) is 20.7. The Morgan fingerprint density at radius 3 is 1.84 bits per heavy atom. The van der Waals surface area contributed by atoms with Gasteiger partial charge in [0, 0.05) is 18.5 Å². The normalized spacial score (nSPS) is 11.4. The van der Waals surface area contributed by atoms with Gasteiger partial charge in [-0.3, -0.25) is 25.0 Å². The molecular weight excluding hydrogens is 841 g/mol. The lowest BCUT2D eigenvalue weighted by molar-refractivity contribution is -0.145. The Morgan fingerprint density at radius 1 is 0.797 bits per heavy atom. The van der Waals surface area contributed by atoms with Crippen molar-refractivity contribution in [2.24, 2.45) is 4.99 Å². The van der Waals surface area contributed by atoms with Gasteiger partial charge in [0.15, 0.2) is 0 Å². The van der Waals surface area contributed by atoms with Gasteiger partial charge in [-0.05, 0) is 144 Å². The highest BCUT2D eigenvalue weighted by molar-refractivity contribution is 7.17. The summed E-state index contributed by atoms with van der Waals surface area (Å²) in [5, 5.41) is 12.8. The number of methoxy groups -OCH3 is 1. The Morgan fingerprint density at radius 2 is 1.34 bits per heavy atom. The predicted octanol–water partition coefficient (Wildman–Crippen LogP) is 8.25. The van der Waals surface area contributed by atoms with Crippen LogP contribution in [0.15, 0.2) is 53.5 Å². The summed E-state index contributed by atoms with van der Waals surface area (Å²) in [5.74, 6) is -1.09. The van der Waals surface area contributed by atoms with Gasteiger partial charge in [0.05, 0.1) is 22.7 Å². The van der Waals surface area contributed by atoms with E-state index in [1.54, 1.807) is 86.0 Å². The van der Waals surface area contributed by atoms with Crippen LogP contribution in [0.3, 0.4) is 0 Å². The van der Waals surface area contributed by atoms with Crippen LogP contribution in [0, 0.1) is 27.7 Å². The Labute approximate surface area is 385 Å². The SMILES string of the molecule is C=O.CC.CNC(CNC(=O)c1ccc(-c2cccc(N=C(NC=O)NC(=O)OC(C)(C)C)c2)s1)C(=O)OCCNC(=O)OC(C)(C)C.COC(C)(C)C.Cc1cc(C)c(C)c(C)c1. The average molecular weight is 915 g/mol. The number of aliphatic imine (C=N–C) groups is 1. The summed E-state index contributed by atoms with van der Waals surface area (Å²) in [7, 11) is 3.27. The van der Waals surface area contributed by atoms with Crippen LogP contribution >= 0.6 is 11.3 Å². The van der Waals surface area contributed by atoms with Crippen molar-refractivity contribution < 1.29 is 47.7 Å². The van der Waals surface area contributed by atoms with Crippen molar-refractivity contribution >= 4 is 60.2 Å². The zero-order chi connectivity index (χ0) is 49.8. The number of alkyl carbamates (subject to hydrolysis) is 2. The van der Waals surface area contributed by atoms with Gasteiger partial charge in [-0.25, -0.2) is 14.6 Å². The number of carbonyl (C=O) groups excluding carboxylic acids is 6. The molecule has 0 fully saturated rings. The van der Waals surface area contributed by atoms with E-state index in [0.29, 0.717) is 17.0 Å². The van der Waals surface area contributed by atoms with E-state index >= 15 is 0 Å². The second kappa shape index (κ2) is 30.4. The van der Waals surface area contributed by atoms with E-state index in [2.05, 4.69) is 71.4 Å². The number of esters is 1. The first-order valence-corrected chi connectivity index (χ1v) is 21.6. The zero-order valence-electron chi connectivity index (χ0n) is 41.0. The number of thiophene rings is 1. The lowest BCUT2D eigenvalue weighted by Gasteiger charge is -2.20. The molecular formula is C47H74N6O10S. The van der Waals surface area contributed by atoms with E-state index in [9.17, 15) is 24.0 Å². The van der Waals surface area contributed by atoms with Crippen LogP contribution in [0.5, 0.6) is 0 Å². The zero-order valence-corrected chi connectivity index (χ0v) is 41.9. The molecule has 2 aromatic carbocycles. The number of aryl methyl sites for hydroxylation is 3. The lowest BCUT2D eigenvalue weighted by Crippen LogP contribution is -2.45. The molecule has 17 heteroatoms. The van der Waals surface area contributed by atoms with Gasteiger partial charge in [0.25, 0.3) is 5.91 Å². The van der Waals surface area contributed by atoms with E-state index in [1.165, 1.54) is 33.6 Å². The molecule has 1 aromatic heterocycles. The van der Waals surface area contributed by atoms with Crippen molar-refractivity contribution in [1.29, 1.82) is 0 Å². The van der Waals surface area contributed by atoms with Crippen molar-refractivity contribution in [2.75, 3.05) is 33.9 Å². The standard InChI is InChI=1S/C29H40N6O8S.C10H14.C5H12O.C2H6.CH2O/c1-28(2,3)42-26(39)31-13-14-41-24(38)20(30-7)16-32-23(37)22-12-11-21(44-22)18-9-8-10-19(15-18)34-25(33-17-36)35-27(40)43-29(4,5)6;1-7-5-8(2)10(4)9(3)6-7;1-5(2,3)6-4;2*1-2/h8-12,15,17,20,30H,13-14,16H2,1-7H3,(H,31,39)(H,32,37)(H2,33,34,35,36,40);5-6H,1-4H3;1-4H3;1-2H3;1H2. The topological polar surface area (TPSA) is 212 Å². The number of carbonyl (C=O) groups is 6. The molecule has 16 nitrogen and oxygen atoms in total. The summed E-state index contributed by atoms with van der Waals surface area (Å²) >= 11 is 1.23. The first-order chi connectivity index (χ1) is 29.8. The minimum atomic E-state index is -0.807. The number of nitrogens with one attached hydrogen (secondary N) is 5. The highest BCUT2D eigenvalue weighted by Crippen LogP contribution is 2.30. The van der Waals surface area contributed by atoms with Gasteiger partial charge < -0.3 is 39.7 Å². The highest BCUT2D eigenvalue weighted by atomic mass is 32.1. The largest absolute Gasteiger partial charge is 0.463 e. The molecule has 4 amide bonds. The average Bonchev–Trinajstić information content (AvgIpc) is 3.70. The van der Waals surface area contributed by atoms with E-state index in [-0.39, 0.29) is 37.2 Å². The summed E-state index contributed by atoms with van der Waals surface area (Å²) < 4.78 is 20.4. The molecule has 0 aliphatic rings. The Bertz CT molecular complexity index is 1900. The Balaban J connectivity index is 0. The van der Waals surface area contributed by atoms with Crippen molar-refractivity contribution in [2.45, 2.75) is 127 Å². The molecule has 0 radical (unpaired) electrons. The van der Waals surface area contributed by atoms with Gasteiger partial charge in [-0.1, -0.05) is 43.7 Å². The number of hydrogen-bond donors (Lipinski definition) is 5. The van der Waals surface area contributed by atoms with Crippen LogP contribution in [0.2, 0.25) is 0 Å². The fourth-order valence-corrected chi connectivity index (χ4v) is 5.50. The molecule has 358 valence electrons. The maximum atomic E-state index is 12.8. The molecule has 0 bridgehead atoms. The molecule has 64 heavy (non-hydrogen) atoms. The molecule has 5 N–H and O–H groups in total. The third-order valence-electron chi connectivity index (χ3n) is 7.81. The summed E-state index contributed by atoms with van der Waals surface area (Å²) in [4.78, 5) is 73.5. The Kier molecular flexibility index (Phi) is 28.7. The van der Waals surface area contributed by atoms with E-state index in [4.69, 9.17) is 23.7 Å². The fourth-order valence-electron chi connectivity index (χ4n) is 4.58. The number of rotatable bonds is 11. The van der Waals surface area contributed by atoms with Gasteiger partial charge in [-0.15, -0.1) is 11.3 Å². The quantitative estimate of drug-likeness (QED) is 0.0309. The molecule has 0 spiro atoms. The number of likely N-dealkylation sites (N-methyl/N-ethyl adjacent to an activating group) is 1. The maximum Gasteiger partial charge on any atom is 0.414 e. The van der Waals surface area contributed by atoms with E-state index in [0.717, 1.165) is 10.4 Å². The molecule has 1 unspecified atom stereocenters. The fraction of sp³-hybridized carbons (Fsp3) is 0.511. The lowest BCUT2D eigenvalue weighted by atomic mass is 10.0. The van der Waals surface area contributed by atoms with Gasteiger partial charge >= 0.3 is 18.2 Å². The summed E-state index contributed by atoms with van der Waals surface area (Å²) in [6, 6.07) is 14.0. The van der Waals surface area contributed by atoms with Gasteiger partial charge in [0.2, 0.25) is 12.4 Å². The van der Waals surface area contributed by atoms with Gasteiger partial charge in [-0.2, -0.15) is 0 Å². The third-order valence-corrected chi connectivity index (χ3v) is 8.95. The molecule has 1 atom stereocenters. The van der Waals surface area contributed by atoms with Crippen LogP contribution in [-0.2, 0) is 33.3 Å². The van der Waals surface area contributed by atoms with Crippen LogP contribution in [0.25, 0.3) is 10.4 Å². The van der Waals surface area contributed by atoms with Crippen LogP contribution in [-0.4, -0.2) is 99.9 Å². The monoisotopic (exact) mass is 915 g/mol. The summed E-state index contributed by atoms with van der Waals surface area (Å²) in [5.41, 5.74) is 5.42. The van der Waals surface area contributed by atoms with Crippen LogP contribution < -0.4 is 26.6 Å². The number of guanidine groups is 1. The van der Waals surface area contributed by atoms with E-state index in [1.807, 2.05) is 47.5 Å².